The smallest absolute Gasteiger partial charge is 0.223 e. The first-order valence-corrected chi connectivity index (χ1v) is 5.71. The van der Waals surface area contributed by atoms with E-state index in [1.54, 1.807) is 0 Å². The topological polar surface area (TPSA) is 29.1 Å². The summed E-state index contributed by atoms with van der Waals surface area (Å²) in [7, 11) is 0. The predicted octanol–water partition coefficient (Wildman–Crippen LogP) is 2.31. The van der Waals surface area contributed by atoms with E-state index in [-0.39, 0.29) is 5.91 Å². The Morgan fingerprint density at radius 3 is 2.62 bits per heavy atom. The van der Waals surface area contributed by atoms with Crippen molar-refractivity contribution in [3.63, 3.8) is 0 Å². The molecule has 0 atom stereocenters. The molecule has 2 nitrogen and oxygen atoms in total. The van der Waals surface area contributed by atoms with Crippen LogP contribution < -0.4 is 5.32 Å². The van der Waals surface area contributed by atoms with E-state index in [1.807, 2.05) is 0 Å². The highest BCUT2D eigenvalue weighted by Crippen LogP contribution is 2.24. The minimum Gasteiger partial charge on any atom is -0.356 e. The molecule has 13 heavy (non-hydrogen) atoms. The number of carbonyl (C=O) groups excluding carboxylic acids is 1. The van der Waals surface area contributed by atoms with E-state index in [0.29, 0.717) is 11.8 Å². The third-order valence-corrected chi connectivity index (χ3v) is 2.85. The second-order valence-electron chi connectivity index (χ2n) is 3.67. The second-order valence-corrected chi connectivity index (χ2v) is 4.05. The fraction of sp³-hybridized carbons (Fsp3) is 0.900. The average molecular weight is 204 g/mol. The molecule has 0 spiro atoms. The van der Waals surface area contributed by atoms with Crippen molar-refractivity contribution >= 4 is 17.5 Å². The van der Waals surface area contributed by atoms with Crippen LogP contribution in [0, 0.1) is 5.92 Å². The maximum absolute atomic E-state index is 11.5. The van der Waals surface area contributed by atoms with Crippen LogP contribution in [-0.2, 0) is 4.79 Å². The van der Waals surface area contributed by atoms with Crippen LogP contribution in [0.5, 0.6) is 0 Å². The van der Waals surface area contributed by atoms with Gasteiger partial charge in [-0.2, -0.15) is 0 Å². The molecule has 1 fully saturated rings. The first kappa shape index (κ1) is 10.8. The van der Waals surface area contributed by atoms with Crippen molar-refractivity contribution in [3.05, 3.63) is 0 Å². The van der Waals surface area contributed by atoms with Crippen LogP contribution in [0.3, 0.4) is 0 Å². The summed E-state index contributed by atoms with van der Waals surface area (Å²) in [6, 6.07) is 0. The molecule has 0 unspecified atom stereocenters. The molecule has 0 radical (unpaired) electrons. The molecule has 0 aromatic rings. The predicted molar refractivity (Wildman–Crippen MR) is 54.9 cm³/mol. The third-order valence-electron chi connectivity index (χ3n) is 2.59. The Hall–Kier alpha value is -0.240. The standard InChI is InChI=1S/C10H18ClNO/c11-7-3-4-8-12-10(13)9-5-1-2-6-9/h9H,1-8H2,(H,12,13). The van der Waals surface area contributed by atoms with Gasteiger partial charge in [0.2, 0.25) is 5.91 Å². The molecule has 0 bridgehead atoms. The largest absolute Gasteiger partial charge is 0.356 e. The van der Waals surface area contributed by atoms with Gasteiger partial charge < -0.3 is 5.32 Å². The number of carbonyl (C=O) groups is 1. The Morgan fingerprint density at radius 1 is 1.31 bits per heavy atom. The highest BCUT2D eigenvalue weighted by atomic mass is 35.5. The second kappa shape index (κ2) is 6.25. The fourth-order valence-electron chi connectivity index (χ4n) is 1.76. The first-order valence-electron chi connectivity index (χ1n) is 5.18. The molecule has 0 heterocycles. The number of nitrogens with one attached hydrogen (secondary N) is 1. The van der Waals surface area contributed by atoms with Gasteiger partial charge in [0, 0.05) is 18.3 Å². The molecule has 1 aliphatic rings. The van der Waals surface area contributed by atoms with Crippen LogP contribution in [-0.4, -0.2) is 18.3 Å². The Labute approximate surface area is 85.0 Å². The van der Waals surface area contributed by atoms with Crippen LogP contribution in [0.1, 0.15) is 38.5 Å². The molecule has 76 valence electrons. The van der Waals surface area contributed by atoms with Gasteiger partial charge in [-0.05, 0) is 25.7 Å². The maximum Gasteiger partial charge on any atom is 0.223 e. The molecule has 0 aliphatic heterocycles. The van der Waals surface area contributed by atoms with Gasteiger partial charge in [0.25, 0.3) is 0 Å². The van der Waals surface area contributed by atoms with Gasteiger partial charge >= 0.3 is 0 Å². The van der Waals surface area contributed by atoms with Gasteiger partial charge in [0.1, 0.15) is 0 Å². The molecule has 0 saturated heterocycles. The number of rotatable bonds is 5. The van der Waals surface area contributed by atoms with Crippen LogP contribution in [0.25, 0.3) is 0 Å². The molecule has 0 aromatic carbocycles. The third kappa shape index (κ3) is 3.99. The number of hydrogen-bond acceptors (Lipinski definition) is 1. The lowest BCUT2D eigenvalue weighted by atomic mass is 10.1. The van der Waals surface area contributed by atoms with Crippen molar-refractivity contribution in [3.8, 4) is 0 Å². The number of unbranched alkanes of at least 4 members (excludes halogenated alkanes) is 1. The van der Waals surface area contributed by atoms with Gasteiger partial charge in [-0.1, -0.05) is 12.8 Å². The van der Waals surface area contributed by atoms with E-state index in [4.69, 9.17) is 11.6 Å². The van der Waals surface area contributed by atoms with Crippen molar-refractivity contribution in [2.24, 2.45) is 5.92 Å². The van der Waals surface area contributed by atoms with Gasteiger partial charge in [-0.3, -0.25) is 4.79 Å². The SMILES string of the molecule is O=C(NCCCCCl)C1CCCC1. The molecule has 1 N–H and O–H groups in total. The van der Waals surface area contributed by atoms with E-state index in [9.17, 15) is 4.79 Å². The Morgan fingerprint density at radius 2 is 2.00 bits per heavy atom. The van der Waals surface area contributed by atoms with E-state index in [2.05, 4.69) is 5.32 Å². The lowest BCUT2D eigenvalue weighted by Gasteiger charge is -2.09. The monoisotopic (exact) mass is 203 g/mol. The van der Waals surface area contributed by atoms with Crippen molar-refractivity contribution in [2.45, 2.75) is 38.5 Å². The number of amides is 1. The highest BCUT2D eigenvalue weighted by molar-refractivity contribution is 6.17. The zero-order valence-electron chi connectivity index (χ0n) is 8.02. The Bertz CT molecular complexity index is 155. The van der Waals surface area contributed by atoms with Crippen LogP contribution in [0.15, 0.2) is 0 Å². The summed E-state index contributed by atoms with van der Waals surface area (Å²) in [4.78, 5) is 11.5. The van der Waals surface area contributed by atoms with Crippen LogP contribution >= 0.6 is 11.6 Å². The summed E-state index contributed by atoms with van der Waals surface area (Å²) in [5, 5.41) is 2.96. The number of halogens is 1. The van der Waals surface area contributed by atoms with Crippen molar-refractivity contribution in [2.75, 3.05) is 12.4 Å². The zero-order valence-corrected chi connectivity index (χ0v) is 8.78. The van der Waals surface area contributed by atoms with Crippen molar-refractivity contribution in [1.82, 2.24) is 5.32 Å². The minimum atomic E-state index is 0.257. The lowest BCUT2D eigenvalue weighted by Crippen LogP contribution is -2.30. The molecule has 1 rings (SSSR count). The highest BCUT2D eigenvalue weighted by Gasteiger charge is 2.21. The molecular formula is C10H18ClNO. The zero-order chi connectivity index (χ0) is 9.52. The Kier molecular flexibility index (Phi) is 5.21. The molecule has 0 aromatic heterocycles. The van der Waals surface area contributed by atoms with Crippen molar-refractivity contribution < 1.29 is 4.79 Å². The Balaban J connectivity index is 2.03. The summed E-state index contributed by atoms with van der Waals surface area (Å²) in [5.74, 6) is 1.25. The van der Waals surface area contributed by atoms with Crippen LogP contribution in [0.4, 0.5) is 0 Å². The van der Waals surface area contributed by atoms with E-state index >= 15 is 0 Å². The molecule has 3 heteroatoms. The van der Waals surface area contributed by atoms with Gasteiger partial charge in [0.15, 0.2) is 0 Å². The average Bonchev–Trinajstić information content (AvgIpc) is 2.65. The summed E-state index contributed by atoms with van der Waals surface area (Å²) in [5.41, 5.74) is 0. The number of alkyl halides is 1. The lowest BCUT2D eigenvalue weighted by molar-refractivity contribution is -0.124. The van der Waals surface area contributed by atoms with Gasteiger partial charge in [-0.25, -0.2) is 0 Å². The maximum atomic E-state index is 11.5. The summed E-state index contributed by atoms with van der Waals surface area (Å²) in [6.45, 7) is 0.794. The minimum absolute atomic E-state index is 0.257. The fourth-order valence-corrected chi connectivity index (χ4v) is 1.95. The van der Waals surface area contributed by atoms with E-state index in [0.717, 1.165) is 32.2 Å². The molecule has 1 saturated carbocycles. The number of hydrogen-bond donors (Lipinski definition) is 1. The summed E-state index contributed by atoms with van der Waals surface area (Å²) in [6.07, 6.45) is 6.61. The van der Waals surface area contributed by atoms with Gasteiger partial charge in [-0.15, -0.1) is 11.6 Å². The van der Waals surface area contributed by atoms with Gasteiger partial charge in [0.05, 0.1) is 0 Å². The molecule has 1 aliphatic carbocycles. The quantitative estimate of drug-likeness (QED) is 0.539. The van der Waals surface area contributed by atoms with E-state index < -0.39 is 0 Å². The normalized spacial score (nSPS) is 17.6. The van der Waals surface area contributed by atoms with E-state index in [1.165, 1.54) is 12.8 Å². The van der Waals surface area contributed by atoms with Crippen LogP contribution in [0.2, 0.25) is 0 Å². The molecular weight excluding hydrogens is 186 g/mol. The first-order chi connectivity index (χ1) is 6.34. The summed E-state index contributed by atoms with van der Waals surface area (Å²) < 4.78 is 0. The molecule has 1 amide bonds. The summed E-state index contributed by atoms with van der Waals surface area (Å²) >= 11 is 5.53. The van der Waals surface area contributed by atoms with Crippen molar-refractivity contribution in [1.29, 1.82) is 0 Å².